The standard InChI is InChI=1S/C12H18F3N5O/c1-2-5-17-9-7-10(18-6-3-4-8(16)21)20-11(19-9)12(13,14)15/h7H,2-6H2,1H3,(H2,16,21)(H2,17,18,19,20). The Hall–Kier alpha value is -2.06. The highest BCUT2D eigenvalue weighted by Crippen LogP contribution is 2.28. The van der Waals surface area contributed by atoms with Crippen molar-refractivity contribution >= 4 is 17.5 Å². The van der Waals surface area contributed by atoms with Crippen molar-refractivity contribution < 1.29 is 18.0 Å². The number of halogens is 3. The van der Waals surface area contributed by atoms with Crippen LogP contribution in [-0.2, 0) is 11.0 Å². The number of amides is 1. The van der Waals surface area contributed by atoms with Gasteiger partial charge in [-0.15, -0.1) is 0 Å². The molecule has 6 nitrogen and oxygen atoms in total. The van der Waals surface area contributed by atoms with Crippen molar-refractivity contribution in [2.45, 2.75) is 32.4 Å². The fourth-order valence-electron chi connectivity index (χ4n) is 1.49. The van der Waals surface area contributed by atoms with E-state index in [1.54, 1.807) is 0 Å². The van der Waals surface area contributed by atoms with E-state index in [0.717, 1.165) is 6.42 Å². The predicted octanol–water partition coefficient (Wildman–Crippen LogP) is 1.99. The number of carbonyl (C=O) groups excluding carboxylic acids is 1. The molecule has 0 unspecified atom stereocenters. The maximum atomic E-state index is 12.7. The Balaban J connectivity index is 2.78. The van der Waals surface area contributed by atoms with Crippen LogP contribution in [0.25, 0.3) is 0 Å². The summed E-state index contributed by atoms with van der Waals surface area (Å²) in [6, 6.07) is 1.40. The van der Waals surface area contributed by atoms with Gasteiger partial charge in [-0.3, -0.25) is 4.79 Å². The smallest absolute Gasteiger partial charge is 0.370 e. The zero-order valence-electron chi connectivity index (χ0n) is 11.6. The summed E-state index contributed by atoms with van der Waals surface area (Å²) in [5.41, 5.74) is 4.98. The number of hydrogen-bond acceptors (Lipinski definition) is 5. The number of alkyl halides is 3. The van der Waals surface area contributed by atoms with Gasteiger partial charge in [0.15, 0.2) is 0 Å². The lowest BCUT2D eigenvalue weighted by molar-refractivity contribution is -0.144. The minimum atomic E-state index is -4.62. The van der Waals surface area contributed by atoms with Gasteiger partial charge in [0.2, 0.25) is 11.7 Å². The third kappa shape index (κ3) is 6.28. The van der Waals surface area contributed by atoms with Crippen LogP contribution in [-0.4, -0.2) is 29.0 Å². The second-order valence-electron chi connectivity index (χ2n) is 4.38. The van der Waals surface area contributed by atoms with Crippen LogP contribution >= 0.6 is 0 Å². The number of primary amides is 1. The second kappa shape index (κ2) is 7.65. The van der Waals surface area contributed by atoms with Crippen molar-refractivity contribution in [3.05, 3.63) is 11.9 Å². The molecular formula is C12H18F3N5O. The van der Waals surface area contributed by atoms with E-state index in [1.165, 1.54) is 6.07 Å². The highest BCUT2D eigenvalue weighted by Gasteiger charge is 2.35. The minimum Gasteiger partial charge on any atom is -0.370 e. The SMILES string of the molecule is CCCNc1cc(NCCCC(N)=O)nc(C(F)(F)F)n1. The topological polar surface area (TPSA) is 92.9 Å². The Morgan fingerprint density at radius 3 is 2.29 bits per heavy atom. The van der Waals surface area contributed by atoms with Gasteiger partial charge in [-0.05, 0) is 12.8 Å². The van der Waals surface area contributed by atoms with Crippen LogP contribution in [0.4, 0.5) is 24.8 Å². The first kappa shape index (κ1) is 17.0. The lowest BCUT2D eigenvalue weighted by Gasteiger charge is -2.12. The monoisotopic (exact) mass is 305 g/mol. The third-order valence-corrected chi connectivity index (χ3v) is 2.44. The lowest BCUT2D eigenvalue weighted by atomic mass is 10.3. The molecule has 1 aromatic rings. The van der Waals surface area contributed by atoms with Crippen LogP contribution in [0.15, 0.2) is 6.07 Å². The third-order valence-electron chi connectivity index (χ3n) is 2.44. The van der Waals surface area contributed by atoms with Crippen LogP contribution in [0.2, 0.25) is 0 Å². The van der Waals surface area contributed by atoms with Crippen molar-refractivity contribution in [1.29, 1.82) is 0 Å². The summed E-state index contributed by atoms with van der Waals surface area (Å²) in [7, 11) is 0. The van der Waals surface area contributed by atoms with E-state index in [9.17, 15) is 18.0 Å². The van der Waals surface area contributed by atoms with Gasteiger partial charge in [-0.25, -0.2) is 9.97 Å². The molecule has 0 aliphatic carbocycles. The molecule has 0 bridgehead atoms. The number of rotatable bonds is 8. The van der Waals surface area contributed by atoms with Gasteiger partial charge >= 0.3 is 6.18 Å². The summed E-state index contributed by atoms with van der Waals surface area (Å²) >= 11 is 0. The van der Waals surface area contributed by atoms with E-state index >= 15 is 0 Å². The van der Waals surface area contributed by atoms with E-state index in [-0.39, 0.29) is 18.1 Å². The summed E-state index contributed by atoms with van der Waals surface area (Å²) < 4.78 is 38.2. The van der Waals surface area contributed by atoms with Crippen LogP contribution < -0.4 is 16.4 Å². The number of nitrogens with one attached hydrogen (secondary N) is 2. The maximum absolute atomic E-state index is 12.7. The van der Waals surface area contributed by atoms with E-state index in [0.29, 0.717) is 19.5 Å². The first-order valence-electron chi connectivity index (χ1n) is 6.55. The summed E-state index contributed by atoms with van der Waals surface area (Å²) in [6.07, 6.45) is -3.29. The Morgan fingerprint density at radius 2 is 1.81 bits per heavy atom. The average Bonchev–Trinajstić information content (AvgIpc) is 2.40. The van der Waals surface area contributed by atoms with Gasteiger partial charge < -0.3 is 16.4 Å². The molecule has 0 fully saturated rings. The molecule has 0 saturated heterocycles. The van der Waals surface area contributed by atoms with Crippen molar-refractivity contribution in [3.63, 3.8) is 0 Å². The highest BCUT2D eigenvalue weighted by atomic mass is 19.4. The average molecular weight is 305 g/mol. The Labute approximate surface area is 120 Å². The van der Waals surface area contributed by atoms with Gasteiger partial charge in [0.05, 0.1) is 0 Å². The normalized spacial score (nSPS) is 11.2. The number of nitrogens with two attached hydrogens (primary N) is 1. The zero-order valence-corrected chi connectivity index (χ0v) is 11.6. The predicted molar refractivity (Wildman–Crippen MR) is 72.7 cm³/mol. The Morgan fingerprint density at radius 1 is 1.24 bits per heavy atom. The van der Waals surface area contributed by atoms with E-state index in [4.69, 9.17) is 5.73 Å². The summed E-state index contributed by atoms with van der Waals surface area (Å²) in [6.45, 7) is 2.70. The second-order valence-corrected chi connectivity index (χ2v) is 4.38. The maximum Gasteiger partial charge on any atom is 0.451 e. The van der Waals surface area contributed by atoms with Crippen LogP contribution in [0.3, 0.4) is 0 Å². The molecule has 21 heavy (non-hydrogen) atoms. The Bertz CT molecular complexity index is 478. The number of aromatic nitrogens is 2. The molecule has 4 N–H and O–H groups in total. The van der Waals surface area contributed by atoms with Crippen LogP contribution in [0, 0.1) is 0 Å². The van der Waals surface area contributed by atoms with E-state index in [2.05, 4.69) is 20.6 Å². The number of hydrogen-bond donors (Lipinski definition) is 3. The summed E-state index contributed by atoms with van der Waals surface area (Å²) in [5, 5.41) is 5.52. The summed E-state index contributed by atoms with van der Waals surface area (Å²) in [4.78, 5) is 17.4. The van der Waals surface area contributed by atoms with Crippen molar-refractivity contribution in [2.75, 3.05) is 23.7 Å². The van der Waals surface area contributed by atoms with Gasteiger partial charge in [0.25, 0.3) is 0 Å². The van der Waals surface area contributed by atoms with Gasteiger partial charge in [-0.1, -0.05) is 6.92 Å². The highest BCUT2D eigenvalue weighted by molar-refractivity contribution is 5.73. The largest absolute Gasteiger partial charge is 0.451 e. The van der Waals surface area contributed by atoms with Gasteiger partial charge in [0, 0.05) is 25.6 Å². The molecule has 0 saturated carbocycles. The van der Waals surface area contributed by atoms with Gasteiger partial charge in [-0.2, -0.15) is 13.2 Å². The molecule has 1 amide bonds. The van der Waals surface area contributed by atoms with Gasteiger partial charge in [0.1, 0.15) is 11.6 Å². The number of nitrogens with zero attached hydrogens (tertiary/aromatic N) is 2. The molecule has 1 aromatic heterocycles. The number of carbonyl (C=O) groups is 1. The van der Waals surface area contributed by atoms with E-state index in [1.807, 2.05) is 6.92 Å². The zero-order chi connectivity index (χ0) is 15.9. The molecule has 118 valence electrons. The molecule has 0 aromatic carbocycles. The molecule has 1 heterocycles. The van der Waals surface area contributed by atoms with E-state index < -0.39 is 17.9 Å². The quantitative estimate of drug-likeness (QED) is 0.639. The van der Waals surface area contributed by atoms with Crippen molar-refractivity contribution in [3.8, 4) is 0 Å². The first-order valence-corrected chi connectivity index (χ1v) is 6.55. The minimum absolute atomic E-state index is 0.0559. The molecule has 0 atom stereocenters. The molecule has 1 rings (SSSR count). The summed E-state index contributed by atoms with van der Waals surface area (Å²) in [5.74, 6) is -1.50. The number of anilines is 2. The van der Waals surface area contributed by atoms with Crippen molar-refractivity contribution in [1.82, 2.24) is 9.97 Å². The van der Waals surface area contributed by atoms with Crippen molar-refractivity contribution in [2.24, 2.45) is 5.73 Å². The fourth-order valence-corrected chi connectivity index (χ4v) is 1.49. The molecular weight excluding hydrogens is 287 g/mol. The molecule has 0 aliphatic heterocycles. The first-order chi connectivity index (χ1) is 9.82. The molecule has 9 heteroatoms. The Kier molecular flexibility index (Phi) is 6.19. The molecule has 0 spiro atoms. The fraction of sp³-hybridized carbons (Fsp3) is 0.583. The van der Waals surface area contributed by atoms with Crippen LogP contribution in [0.1, 0.15) is 32.0 Å². The molecule has 0 aliphatic rings. The molecule has 0 radical (unpaired) electrons. The lowest BCUT2D eigenvalue weighted by Crippen LogP contribution is -2.16. The van der Waals surface area contributed by atoms with Crippen LogP contribution in [0.5, 0.6) is 0 Å².